The lowest BCUT2D eigenvalue weighted by molar-refractivity contribution is 0.271. The molecular weight excluding hydrogens is 407 g/mol. The Morgan fingerprint density at radius 1 is 1.22 bits per heavy atom. The van der Waals surface area contributed by atoms with Crippen molar-refractivity contribution in [1.82, 2.24) is 4.98 Å². The van der Waals surface area contributed by atoms with E-state index < -0.39 is 0 Å². The summed E-state index contributed by atoms with van der Waals surface area (Å²) in [7, 11) is 1.61. The third-order valence-electron chi connectivity index (χ3n) is 4.50. The lowest BCUT2D eigenvalue weighted by atomic mass is 10.2. The number of nitrogens with zero attached hydrogens (tertiary/aromatic N) is 2. The molecule has 0 radical (unpaired) electrons. The number of benzene rings is 2. The molecule has 0 unspecified atom stereocenters. The molecule has 1 heterocycles. The maximum Gasteiger partial charge on any atom is 0.142 e. The van der Waals surface area contributed by atoms with Crippen LogP contribution in [0.5, 0.6) is 11.5 Å². The molecule has 2 aromatic carbocycles. The zero-order valence-corrected chi connectivity index (χ0v) is 18.4. The lowest BCUT2D eigenvalue weighted by Gasteiger charge is -2.11. The van der Waals surface area contributed by atoms with Crippen LogP contribution in [0.2, 0.25) is 0 Å². The number of halogens is 1. The summed E-state index contributed by atoms with van der Waals surface area (Å²) in [4.78, 5) is 8.73. The van der Waals surface area contributed by atoms with Crippen LogP contribution in [0.15, 0.2) is 59.6 Å². The normalized spacial score (nSPS) is 12.2. The van der Waals surface area contributed by atoms with E-state index >= 15 is 0 Å². The molecule has 32 heavy (non-hydrogen) atoms. The Labute approximate surface area is 186 Å². The SMILES string of the molecule is C=c1c(O)c/c(=C/Nc2cccc(OCC(C)C)c2)nc1NC(=NC)c1ccc(F)cc1. The molecule has 3 aromatic rings. The Morgan fingerprint density at radius 2 is 1.97 bits per heavy atom. The minimum atomic E-state index is -0.334. The maximum absolute atomic E-state index is 13.2. The van der Waals surface area contributed by atoms with Crippen molar-refractivity contribution in [3.8, 4) is 11.5 Å². The van der Waals surface area contributed by atoms with E-state index in [0.29, 0.717) is 40.3 Å². The van der Waals surface area contributed by atoms with E-state index in [-0.39, 0.29) is 11.6 Å². The lowest BCUT2D eigenvalue weighted by Crippen LogP contribution is -2.25. The van der Waals surface area contributed by atoms with Gasteiger partial charge in [-0.15, -0.1) is 0 Å². The highest BCUT2D eigenvalue weighted by atomic mass is 19.1. The summed E-state index contributed by atoms with van der Waals surface area (Å²) in [5.41, 5.74) is 1.50. The number of anilines is 2. The van der Waals surface area contributed by atoms with Gasteiger partial charge in [-0.3, -0.25) is 4.99 Å². The molecule has 0 atom stereocenters. The van der Waals surface area contributed by atoms with Gasteiger partial charge in [-0.05, 0) is 42.3 Å². The largest absolute Gasteiger partial charge is 0.507 e. The van der Waals surface area contributed by atoms with Crippen LogP contribution < -0.4 is 25.9 Å². The predicted octanol–water partition coefficient (Wildman–Crippen LogP) is 3.71. The van der Waals surface area contributed by atoms with Gasteiger partial charge < -0.3 is 20.5 Å². The number of aliphatic imine (C=N–C) groups is 1. The molecule has 0 saturated heterocycles. The van der Waals surface area contributed by atoms with Gasteiger partial charge in [0.1, 0.15) is 29.0 Å². The van der Waals surface area contributed by atoms with Crippen LogP contribution in [0.25, 0.3) is 12.8 Å². The van der Waals surface area contributed by atoms with Crippen molar-refractivity contribution >= 4 is 30.1 Å². The minimum Gasteiger partial charge on any atom is -0.507 e. The van der Waals surface area contributed by atoms with Crippen LogP contribution in [0.1, 0.15) is 19.4 Å². The fourth-order valence-electron chi connectivity index (χ4n) is 2.83. The highest BCUT2D eigenvalue weighted by Gasteiger charge is 2.08. The molecule has 0 fully saturated rings. The minimum absolute atomic E-state index is 0.0147. The van der Waals surface area contributed by atoms with Crippen molar-refractivity contribution in [1.29, 1.82) is 0 Å². The summed E-state index contributed by atoms with van der Waals surface area (Å²) in [6.07, 6.45) is 1.67. The van der Waals surface area contributed by atoms with Crippen LogP contribution in [0.4, 0.5) is 15.9 Å². The summed E-state index contributed by atoms with van der Waals surface area (Å²) in [5, 5.41) is 17.4. The first kappa shape index (κ1) is 22.8. The molecule has 166 valence electrons. The number of aromatic hydroxyl groups is 1. The zero-order chi connectivity index (χ0) is 23.1. The molecule has 0 bridgehead atoms. The molecule has 0 aliphatic heterocycles. The van der Waals surface area contributed by atoms with Gasteiger partial charge in [-0.1, -0.05) is 26.5 Å². The molecular formula is C25H27FN4O2. The Morgan fingerprint density at radius 3 is 2.66 bits per heavy atom. The molecule has 0 saturated carbocycles. The van der Waals surface area contributed by atoms with Crippen molar-refractivity contribution < 1.29 is 14.2 Å². The number of ether oxygens (including phenoxy) is 1. The molecule has 6 nitrogen and oxygen atoms in total. The number of nitrogens with one attached hydrogen (secondary N) is 2. The second kappa shape index (κ2) is 10.4. The van der Waals surface area contributed by atoms with Gasteiger partial charge in [0.2, 0.25) is 0 Å². The zero-order valence-electron chi connectivity index (χ0n) is 18.4. The third-order valence-corrected chi connectivity index (χ3v) is 4.50. The highest BCUT2D eigenvalue weighted by Crippen LogP contribution is 2.18. The number of pyridine rings is 1. The summed E-state index contributed by atoms with van der Waals surface area (Å²) in [6.45, 7) is 8.70. The summed E-state index contributed by atoms with van der Waals surface area (Å²) < 4.78 is 19.0. The fourth-order valence-corrected chi connectivity index (χ4v) is 2.83. The number of hydrogen-bond donors (Lipinski definition) is 3. The molecule has 7 heteroatoms. The molecule has 3 N–H and O–H groups in total. The quantitative estimate of drug-likeness (QED) is 0.390. The van der Waals surface area contributed by atoms with Crippen LogP contribution in [0.3, 0.4) is 0 Å². The Bertz CT molecular complexity index is 1210. The second-order valence-electron chi connectivity index (χ2n) is 7.62. The standard InChI is InChI=1S/C25H27FN4O2/c1-16(2)15-32-22-7-5-6-20(12-22)28-14-21-13-23(31)17(3)24(29-21)30-25(27-4)18-8-10-19(26)11-9-18/h5-14,16,28,31H,3,15H2,1-2,4H3,(H,27,29,30)/b21-14-. The molecule has 1 aromatic heterocycles. The summed E-state index contributed by atoms with van der Waals surface area (Å²) in [6, 6.07) is 15.0. The summed E-state index contributed by atoms with van der Waals surface area (Å²) >= 11 is 0. The highest BCUT2D eigenvalue weighted by molar-refractivity contribution is 6.07. The number of hydrogen-bond acceptors (Lipinski definition) is 5. The van der Waals surface area contributed by atoms with Gasteiger partial charge in [0, 0.05) is 36.6 Å². The maximum atomic E-state index is 13.2. The van der Waals surface area contributed by atoms with Gasteiger partial charge in [0.25, 0.3) is 0 Å². The van der Waals surface area contributed by atoms with Crippen LogP contribution in [-0.2, 0) is 0 Å². The van der Waals surface area contributed by atoms with Crippen molar-refractivity contribution in [2.75, 3.05) is 24.3 Å². The van der Waals surface area contributed by atoms with Crippen LogP contribution in [-0.4, -0.2) is 29.6 Å². The molecule has 3 rings (SSSR count). The number of amidine groups is 1. The van der Waals surface area contributed by atoms with Crippen LogP contribution >= 0.6 is 0 Å². The van der Waals surface area contributed by atoms with E-state index in [4.69, 9.17) is 4.74 Å². The van der Waals surface area contributed by atoms with Gasteiger partial charge in [0.05, 0.1) is 17.2 Å². The van der Waals surface area contributed by atoms with E-state index in [2.05, 4.69) is 41.0 Å². The van der Waals surface area contributed by atoms with Crippen molar-refractivity contribution in [2.45, 2.75) is 13.8 Å². The second-order valence-corrected chi connectivity index (χ2v) is 7.62. The van der Waals surface area contributed by atoms with Crippen molar-refractivity contribution in [3.05, 3.63) is 76.5 Å². The molecule has 0 amide bonds. The molecule has 0 spiro atoms. The topological polar surface area (TPSA) is 78.8 Å². The first-order valence-corrected chi connectivity index (χ1v) is 10.2. The van der Waals surface area contributed by atoms with E-state index in [1.165, 1.54) is 18.2 Å². The first-order valence-electron chi connectivity index (χ1n) is 10.2. The fraction of sp³-hybridized carbons (Fsp3) is 0.200. The number of aromatic nitrogens is 1. The predicted molar refractivity (Wildman–Crippen MR) is 128 cm³/mol. The average molecular weight is 435 g/mol. The first-order chi connectivity index (χ1) is 15.4. The van der Waals surface area contributed by atoms with Crippen molar-refractivity contribution in [2.24, 2.45) is 10.9 Å². The third kappa shape index (κ3) is 6.07. The average Bonchev–Trinajstić information content (AvgIpc) is 2.78. The Balaban J connectivity index is 1.83. The van der Waals surface area contributed by atoms with E-state index in [1.807, 2.05) is 24.3 Å². The monoisotopic (exact) mass is 434 g/mol. The van der Waals surface area contributed by atoms with Gasteiger partial charge >= 0.3 is 0 Å². The molecule has 0 aliphatic carbocycles. The smallest absolute Gasteiger partial charge is 0.142 e. The van der Waals surface area contributed by atoms with Gasteiger partial charge in [0.15, 0.2) is 0 Å². The van der Waals surface area contributed by atoms with Gasteiger partial charge in [-0.2, -0.15) is 0 Å². The Hall–Kier alpha value is -3.87. The Kier molecular flexibility index (Phi) is 7.44. The molecule has 0 aliphatic rings. The van der Waals surface area contributed by atoms with E-state index in [0.717, 1.165) is 11.4 Å². The number of rotatable bonds is 7. The van der Waals surface area contributed by atoms with E-state index in [1.54, 1.807) is 25.4 Å². The summed E-state index contributed by atoms with van der Waals surface area (Å²) in [5.74, 6) is 1.67. The van der Waals surface area contributed by atoms with Gasteiger partial charge in [-0.25, -0.2) is 9.37 Å². The van der Waals surface area contributed by atoms with E-state index in [9.17, 15) is 9.50 Å². The van der Waals surface area contributed by atoms with Crippen LogP contribution in [0, 0.1) is 11.7 Å². The van der Waals surface area contributed by atoms with Crippen molar-refractivity contribution in [3.63, 3.8) is 0 Å².